The van der Waals surface area contributed by atoms with Crippen molar-refractivity contribution in [2.24, 2.45) is 7.05 Å². The molecule has 0 radical (unpaired) electrons. The lowest BCUT2D eigenvalue weighted by molar-refractivity contribution is 0.126. The summed E-state index contributed by atoms with van der Waals surface area (Å²) < 4.78 is 5.30. The van der Waals surface area contributed by atoms with Crippen LogP contribution in [0.1, 0.15) is 23.6 Å². The second kappa shape index (κ2) is 7.30. The molecule has 1 aliphatic rings. The summed E-state index contributed by atoms with van der Waals surface area (Å²) in [5, 5.41) is 15.1. The van der Waals surface area contributed by atoms with Gasteiger partial charge in [-0.2, -0.15) is 4.80 Å². The van der Waals surface area contributed by atoms with E-state index >= 15 is 0 Å². The third-order valence-corrected chi connectivity index (χ3v) is 5.00. The largest absolute Gasteiger partial charge is 0.497 e. The van der Waals surface area contributed by atoms with Crippen LogP contribution in [0.4, 0.5) is 10.5 Å². The van der Waals surface area contributed by atoms with Gasteiger partial charge < -0.3 is 15.0 Å². The topological polar surface area (TPSA) is 85.2 Å². The molecule has 28 heavy (non-hydrogen) atoms. The number of aryl methyl sites for hydroxylation is 2. The van der Waals surface area contributed by atoms with E-state index < -0.39 is 0 Å². The molecular weight excluding hydrogens is 356 g/mol. The van der Waals surface area contributed by atoms with Crippen molar-refractivity contribution in [3.63, 3.8) is 0 Å². The molecule has 1 fully saturated rings. The fourth-order valence-electron chi connectivity index (χ4n) is 3.31. The number of rotatable bonds is 4. The van der Waals surface area contributed by atoms with Gasteiger partial charge in [-0.15, -0.1) is 10.2 Å². The van der Waals surface area contributed by atoms with E-state index in [2.05, 4.69) is 20.7 Å². The predicted octanol–water partition coefficient (Wildman–Crippen LogP) is 3.17. The number of methoxy groups -OCH3 is 1. The van der Waals surface area contributed by atoms with Crippen LogP contribution in [-0.2, 0) is 7.05 Å². The van der Waals surface area contributed by atoms with Crippen molar-refractivity contribution < 1.29 is 9.53 Å². The Balaban J connectivity index is 1.52. The minimum absolute atomic E-state index is 0.0558. The molecule has 1 aromatic heterocycles. The molecule has 3 aromatic rings. The number of likely N-dealkylation sites (tertiary alicyclic amines) is 1. The van der Waals surface area contributed by atoms with E-state index in [1.165, 1.54) is 4.80 Å². The van der Waals surface area contributed by atoms with Crippen LogP contribution in [0.25, 0.3) is 11.4 Å². The van der Waals surface area contributed by atoms with Gasteiger partial charge in [-0.25, -0.2) is 4.79 Å². The fourth-order valence-corrected chi connectivity index (χ4v) is 3.31. The number of ether oxygens (including phenoxy) is 1. The highest BCUT2D eigenvalue weighted by atomic mass is 16.5. The van der Waals surface area contributed by atoms with E-state index in [9.17, 15) is 4.79 Å². The monoisotopic (exact) mass is 378 g/mol. The molecule has 4 rings (SSSR count). The van der Waals surface area contributed by atoms with Crippen LogP contribution in [0.5, 0.6) is 5.75 Å². The second-order valence-corrected chi connectivity index (χ2v) is 6.84. The number of amides is 2. The van der Waals surface area contributed by atoms with Gasteiger partial charge in [0.25, 0.3) is 0 Å². The normalized spacial score (nSPS) is 15.8. The first-order valence-corrected chi connectivity index (χ1v) is 9.12. The molecule has 8 nitrogen and oxygen atoms in total. The number of urea groups is 1. The van der Waals surface area contributed by atoms with Gasteiger partial charge in [-0.05, 0) is 47.9 Å². The zero-order valence-corrected chi connectivity index (χ0v) is 16.1. The number of anilines is 1. The van der Waals surface area contributed by atoms with Crippen molar-refractivity contribution in [2.75, 3.05) is 19.0 Å². The summed E-state index contributed by atoms with van der Waals surface area (Å²) in [4.78, 5) is 16.1. The summed E-state index contributed by atoms with van der Waals surface area (Å²) in [6, 6.07) is 13.5. The minimum atomic E-state index is -0.119. The molecule has 1 saturated heterocycles. The Morgan fingerprint density at radius 2 is 2.11 bits per heavy atom. The van der Waals surface area contributed by atoms with Gasteiger partial charge in [0.2, 0.25) is 5.82 Å². The van der Waals surface area contributed by atoms with Crippen LogP contribution < -0.4 is 10.1 Å². The quantitative estimate of drug-likeness (QED) is 0.754. The number of carbonyl (C=O) groups excluding carboxylic acids is 1. The van der Waals surface area contributed by atoms with E-state index in [0.29, 0.717) is 5.82 Å². The number of aromatic nitrogens is 4. The summed E-state index contributed by atoms with van der Waals surface area (Å²) in [5.41, 5.74) is 3.60. The third-order valence-electron chi connectivity index (χ3n) is 5.00. The van der Waals surface area contributed by atoms with Gasteiger partial charge in [0, 0.05) is 17.8 Å². The van der Waals surface area contributed by atoms with Crippen molar-refractivity contribution in [3.05, 3.63) is 53.6 Å². The van der Waals surface area contributed by atoms with Crippen molar-refractivity contribution in [1.82, 2.24) is 25.1 Å². The molecule has 1 N–H and O–H groups in total. The van der Waals surface area contributed by atoms with E-state index in [1.54, 1.807) is 14.2 Å². The van der Waals surface area contributed by atoms with E-state index in [0.717, 1.165) is 41.1 Å². The standard InChI is InChI=1S/C20H22N6O2/c1-13-7-8-15(19-22-24-25(2)23-19)12-17(13)21-20(27)26-10-9-18(26)14-5-4-6-16(11-14)28-3/h4-8,11-12,18H,9-10H2,1-3H3,(H,21,27). The Bertz CT molecular complexity index is 1020. The molecule has 1 unspecified atom stereocenters. The summed E-state index contributed by atoms with van der Waals surface area (Å²) in [5.74, 6) is 1.32. The molecule has 2 amide bonds. The third kappa shape index (κ3) is 3.40. The van der Waals surface area contributed by atoms with Crippen LogP contribution in [0, 0.1) is 6.92 Å². The molecule has 0 spiro atoms. The minimum Gasteiger partial charge on any atom is -0.497 e. The molecule has 0 aliphatic carbocycles. The SMILES string of the molecule is COc1cccc(C2CCN2C(=O)Nc2cc(-c3nnn(C)n3)ccc2C)c1. The van der Waals surface area contributed by atoms with Gasteiger partial charge >= 0.3 is 6.03 Å². The highest BCUT2D eigenvalue weighted by Crippen LogP contribution is 2.35. The highest BCUT2D eigenvalue weighted by molar-refractivity contribution is 5.91. The summed E-state index contributed by atoms with van der Waals surface area (Å²) in [6.45, 7) is 2.68. The Kier molecular flexibility index (Phi) is 4.68. The zero-order chi connectivity index (χ0) is 19.7. The number of nitrogens with zero attached hydrogens (tertiary/aromatic N) is 5. The lowest BCUT2D eigenvalue weighted by atomic mass is 9.95. The Morgan fingerprint density at radius 1 is 1.25 bits per heavy atom. The molecule has 1 atom stereocenters. The summed E-state index contributed by atoms with van der Waals surface area (Å²) in [7, 11) is 3.36. The maximum atomic E-state index is 12.9. The second-order valence-electron chi connectivity index (χ2n) is 6.84. The average Bonchev–Trinajstić information content (AvgIpc) is 3.09. The molecular formula is C20H22N6O2. The van der Waals surface area contributed by atoms with Crippen LogP contribution in [-0.4, -0.2) is 44.8 Å². The van der Waals surface area contributed by atoms with E-state index in [4.69, 9.17) is 4.74 Å². The van der Waals surface area contributed by atoms with Crippen LogP contribution in [0.3, 0.4) is 0 Å². The summed E-state index contributed by atoms with van der Waals surface area (Å²) in [6.07, 6.45) is 0.934. The molecule has 0 saturated carbocycles. The molecule has 8 heteroatoms. The number of hydrogen-bond donors (Lipinski definition) is 1. The molecule has 2 heterocycles. The highest BCUT2D eigenvalue weighted by Gasteiger charge is 2.33. The lowest BCUT2D eigenvalue weighted by Gasteiger charge is -2.41. The number of carbonyl (C=O) groups is 1. The summed E-state index contributed by atoms with van der Waals surface area (Å²) >= 11 is 0. The van der Waals surface area contributed by atoms with Crippen molar-refractivity contribution in [3.8, 4) is 17.1 Å². The zero-order valence-electron chi connectivity index (χ0n) is 16.1. The fraction of sp³-hybridized carbons (Fsp3) is 0.300. The van der Waals surface area contributed by atoms with Crippen LogP contribution >= 0.6 is 0 Å². The van der Waals surface area contributed by atoms with Gasteiger partial charge in [0.1, 0.15) is 5.75 Å². The van der Waals surface area contributed by atoms with Crippen molar-refractivity contribution >= 4 is 11.7 Å². The van der Waals surface area contributed by atoms with Crippen LogP contribution in [0.2, 0.25) is 0 Å². The van der Waals surface area contributed by atoms with Gasteiger partial charge in [-0.1, -0.05) is 24.3 Å². The van der Waals surface area contributed by atoms with Gasteiger partial charge in [0.15, 0.2) is 0 Å². The van der Waals surface area contributed by atoms with E-state index in [-0.39, 0.29) is 12.1 Å². The Hall–Kier alpha value is -3.42. The molecule has 2 aromatic carbocycles. The molecule has 144 valence electrons. The maximum Gasteiger partial charge on any atom is 0.322 e. The number of benzene rings is 2. The molecule has 0 bridgehead atoms. The lowest BCUT2D eigenvalue weighted by Crippen LogP contribution is -2.47. The van der Waals surface area contributed by atoms with Crippen molar-refractivity contribution in [2.45, 2.75) is 19.4 Å². The number of nitrogens with one attached hydrogen (secondary N) is 1. The smallest absolute Gasteiger partial charge is 0.322 e. The van der Waals surface area contributed by atoms with E-state index in [1.807, 2.05) is 54.3 Å². The first-order valence-electron chi connectivity index (χ1n) is 9.12. The predicted molar refractivity (Wildman–Crippen MR) is 105 cm³/mol. The molecule has 1 aliphatic heterocycles. The van der Waals surface area contributed by atoms with Crippen molar-refractivity contribution in [1.29, 1.82) is 0 Å². The first kappa shape index (κ1) is 18.0. The Labute approximate surface area is 163 Å². The maximum absolute atomic E-state index is 12.9. The van der Waals surface area contributed by atoms with Gasteiger partial charge in [-0.3, -0.25) is 0 Å². The number of hydrogen-bond acceptors (Lipinski definition) is 5. The number of tetrazole rings is 1. The Morgan fingerprint density at radius 3 is 2.79 bits per heavy atom. The first-order chi connectivity index (χ1) is 13.5. The average molecular weight is 378 g/mol. The van der Waals surface area contributed by atoms with Gasteiger partial charge in [0.05, 0.1) is 20.2 Å². The van der Waals surface area contributed by atoms with Crippen LogP contribution in [0.15, 0.2) is 42.5 Å².